The average Bonchev–Trinajstić information content (AvgIpc) is 3.02. The van der Waals surface area contributed by atoms with Crippen LogP contribution in [0.15, 0.2) is 66.4 Å². The van der Waals surface area contributed by atoms with Crippen LogP contribution in [0.5, 0.6) is 11.5 Å². The standard InChI is InChI=1S/C25H19Cl2IN2O3S/c1-29-21(24(31)30(25(29)34)18-6-4-3-5-7-18)11-15-10-20(28)23(22(12-15)32-2)33-14-16-8-9-17(26)13-19(16)27/h3-13H,14H2,1-2H3/b21-11-. The number of methoxy groups -OCH3 is 1. The third-order valence-corrected chi connectivity index (χ3v) is 7.06. The molecule has 3 aromatic carbocycles. The summed E-state index contributed by atoms with van der Waals surface area (Å²) in [6, 6.07) is 18.4. The van der Waals surface area contributed by atoms with Crippen molar-refractivity contribution in [2.45, 2.75) is 6.61 Å². The Hall–Kier alpha value is -2.33. The number of rotatable bonds is 6. The van der Waals surface area contributed by atoms with E-state index in [-0.39, 0.29) is 12.5 Å². The summed E-state index contributed by atoms with van der Waals surface area (Å²) in [4.78, 5) is 16.4. The van der Waals surface area contributed by atoms with Gasteiger partial charge in [-0.3, -0.25) is 9.69 Å². The van der Waals surface area contributed by atoms with Gasteiger partial charge in [-0.15, -0.1) is 0 Å². The van der Waals surface area contributed by atoms with E-state index >= 15 is 0 Å². The van der Waals surface area contributed by atoms with Crippen LogP contribution in [0.3, 0.4) is 0 Å². The zero-order valence-electron chi connectivity index (χ0n) is 18.2. The van der Waals surface area contributed by atoms with Crippen LogP contribution in [-0.4, -0.2) is 30.1 Å². The second-order valence-electron chi connectivity index (χ2n) is 7.41. The summed E-state index contributed by atoms with van der Waals surface area (Å²) in [5.41, 5.74) is 2.78. The van der Waals surface area contributed by atoms with Crippen LogP contribution in [0, 0.1) is 3.57 Å². The van der Waals surface area contributed by atoms with E-state index < -0.39 is 0 Å². The van der Waals surface area contributed by atoms with Crippen molar-refractivity contribution in [3.63, 3.8) is 0 Å². The number of para-hydroxylation sites is 1. The molecule has 1 fully saturated rings. The van der Waals surface area contributed by atoms with Gasteiger partial charge in [0, 0.05) is 22.7 Å². The van der Waals surface area contributed by atoms with E-state index in [0.29, 0.717) is 32.4 Å². The van der Waals surface area contributed by atoms with Gasteiger partial charge in [-0.25, -0.2) is 0 Å². The maximum atomic E-state index is 13.2. The Kier molecular flexibility index (Phi) is 7.67. The first kappa shape index (κ1) is 24.8. The SMILES string of the molecule is COc1cc(/C=C2/C(=O)N(c3ccccc3)C(=S)N2C)cc(I)c1OCc1ccc(Cl)cc1Cl. The smallest absolute Gasteiger partial charge is 0.281 e. The Morgan fingerprint density at radius 3 is 2.50 bits per heavy atom. The molecule has 0 N–H and O–H groups in total. The van der Waals surface area contributed by atoms with Crippen LogP contribution >= 0.6 is 58.0 Å². The maximum absolute atomic E-state index is 13.2. The van der Waals surface area contributed by atoms with Gasteiger partial charge in [0.05, 0.1) is 16.4 Å². The highest BCUT2D eigenvalue weighted by atomic mass is 127. The summed E-state index contributed by atoms with van der Waals surface area (Å²) in [5.74, 6) is 0.939. The van der Waals surface area contributed by atoms with E-state index in [0.717, 1.165) is 20.4 Å². The summed E-state index contributed by atoms with van der Waals surface area (Å²) in [6.45, 7) is 0.254. The number of likely N-dealkylation sites (N-methyl/N-ethyl adjacent to an activating group) is 1. The van der Waals surface area contributed by atoms with E-state index in [1.165, 1.54) is 4.90 Å². The number of hydrogen-bond donors (Lipinski definition) is 0. The minimum atomic E-state index is -0.189. The van der Waals surface area contributed by atoms with E-state index in [9.17, 15) is 4.79 Å². The van der Waals surface area contributed by atoms with Crippen molar-refractivity contribution in [2.24, 2.45) is 0 Å². The number of carbonyl (C=O) groups is 1. The van der Waals surface area contributed by atoms with Crippen molar-refractivity contribution in [1.29, 1.82) is 0 Å². The number of ether oxygens (including phenoxy) is 2. The monoisotopic (exact) mass is 624 g/mol. The quantitative estimate of drug-likeness (QED) is 0.172. The molecule has 0 aromatic heterocycles. The molecule has 1 saturated heterocycles. The molecule has 0 saturated carbocycles. The number of benzene rings is 3. The highest BCUT2D eigenvalue weighted by molar-refractivity contribution is 14.1. The molecule has 1 aliphatic heterocycles. The van der Waals surface area contributed by atoms with E-state index in [2.05, 4.69) is 22.6 Å². The minimum Gasteiger partial charge on any atom is -0.493 e. The van der Waals surface area contributed by atoms with Crippen LogP contribution in [-0.2, 0) is 11.4 Å². The topological polar surface area (TPSA) is 42.0 Å². The molecule has 3 aromatic rings. The number of anilines is 1. The van der Waals surface area contributed by atoms with Gasteiger partial charge >= 0.3 is 0 Å². The van der Waals surface area contributed by atoms with Crippen LogP contribution in [0.2, 0.25) is 10.0 Å². The van der Waals surface area contributed by atoms with Gasteiger partial charge in [0.15, 0.2) is 16.6 Å². The molecule has 174 valence electrons. The van der Waals surface area contributed by atoms with Gasteiger partial charge in [-0.1, -0.05) is 47.5 Å². The second kappa shape index (κ2) is 10.5. The minimum absolute atomic E-state index is 0.189. The molecule has 5 nitrogen and oxygen atoms in total. The fourth-order valence-corrected chi connectivity index (χ4v) is 5.00. The number of thiocarbonyl (C=S) groups is 1. The summed E-state index contributed by atoms with van der Waals surface area (Å²) < 4.78 is 12.4. The Morgan fingerprint density at radius 2 is 1.82 bits per heavy atom. The molecule has 0 spiro atoms. The predicted molar refractivity (Wildman–Crippen MR) is 149 cm³/mol. The molecular formula is C25H19Cl2IN2O3S. The van der Waals surface area contributed by atoms with Crippen molar-refractivity contribution < 1.29 is 14.3 Å². The third kappa shape index (κ3) is 5.02. The largest absolute Gasteiger partial charge is 0.493 e. The zero-order valence-corrected chi connectivity index (χ0v) is 22.7. The van der Waals surface area contributed by atoms with Crippen LogP contribution in [0.1, 0.15) is 11.1 Å². The first-order chi connectivity index (χ1) is 16.3. The van der Waals surface area contributed by atoms with Gasteiger partial charge in [0.25, 0.3) is 5.91 Å². The molecule has 0 aliphatic carbocycles. The molecule has 0 bridgehead atoms. The van der Waals surface area contributed by atoms with Crippen molar-refractivity contribution in [3.8, 4) is 11.5 Å². The lowest BCUT2D eigenvalue weighted by Gasteiger charge is -2.16. The van der Waals surface area contributed by atoms with Crippen LogP contribution in [0.4, 0.5) is 5.69 Å². The van der Waals surface area contributed by atoms with Crippen molar-refractivity contribution >= 4 is 80.8 Å². The van der Waals surface area contributed by atoms with E-state index in [1.807, 2.05) is 48.5 Å². The molecule has 0 radical (unpaired) electrons. The van der Waals surface area contributed by atoms with Crippen LogP contribution in [0.25, 0.3) is 6.08 Å². The molecule has 1 amide bonds. The predicted octanol–water partition coefficient (Wildman–Crippen LogP) is 6.79. The molecular weight excluding hydrogens is 606 g/mol. The van der Waals surface area contributed by atoms with E-state index in [1.54, 1.807) is 37.3 Å². The average molecular weight is 625 g/mol. The van der Waals surface area contributed by atoms with Gasteiger partial charge in [-0.05, 0) is 82.8 Å². The lowest BCUT2D eigenvalue weighted by molar-refractivity contribution is -0.114. The molecule has 1 heterocycles. The molecule has 4 rings (SSSR count). The lowest BCUT2D eigenvalue weighted by atomic mass is 10.1. The summed E-state index contributed by atoms with van der Waals surface area (Å²) >= 11 is 20.0. The normalized spacial score (nSPS) is 14.8. The number of halogens is 3. The summed E-state index contributed by atoms with van der Waals surface area (Å²) in [6.07, 6.45) is 1.79. The highest BCUT2D eigenvalue weighted by Gasteiger charge is 2.36. The third-order valence-electron chi connectivity index (χ3n) is 5.22. The molecule has 0 atom stereocenters. The van der Waals surface area contributed by atoms with Crippen molar-refractivity contribution in [2.75, 3.05) is 19.1 Å². The summed E-state index contributed by atoms with van der Waals surface area (Å²) in [7, 11) is 3.36. The molecule has 0 unspecified atom stereocenters. The van der Waals surface area contributed by atoms with Crippen molar-refractivity contribution in [3.05, 3.63) is 91.1 Å². The summed E-state index contributed by atoms with van der Waals surface area (Å²) in [5, 5.41) is 1.52. The Bertz CT molecular complexity index is 1300. The zero-order chi connectivity index (χ0) is 24.4. The maximum Gasteiger partial charge on any atom is 0.281 e. The fourth-order valence-electron chi connectivity index (χ4n) is 3.47. The van der Waals surface area contributed by atoms with Crippen LogP contribution < -0.4 is 14.4 Å². The van der Waals surface area contributed by atoms with Gasteiger partial charge < -0.3 is 14.4 Å². The number of carbonyl (C=O) groups excluding carboxylic acids is 1. The Labute approximate surface area is 227 Å². The molecule has 9 heteroatoms. The van der Waals surface area contributed by atoms with E-state index in [4.69, 9.17) is 44.9 Å². The number of amides is 1. The van der Waals surface area contributed by atoms with Gasteiger partial charge in [0.2, 0.25) is 0 Å². The van der Waals surface area contributed by atoms with Gasteiger partial charge in [0.1, 0.15) is 12.3 Å². The van der Waals surface area contributed by atoms with Gasteiger partial charge in [-0.2, -0.15) is 0 Å². The first-order valence-electron chi connectivity index (χ1n) is 10.1. The highest BCUT2D eigenvalue weighted by Crippen LogP contribution is 2.37. The first-order valence-corrected chi connectivity index (χ1v) is 12.4. The number of hydrogen-bond acceptors (Lipinski definition) is 4. The molecule has 34 heavy (non-hydrogen) atoms. The fraction of sp³-hybridized carbons (Fsp3) is 0.120. The Balaban J connectivity index is 1.62. The second-order valence-corrected chi connectivity index (χ2v) is 9.78. The number of nitrogens with zero attached hydrogens (tertiary/aromatic N) is 2. The lowest BCUT2D eigenvalue weighted by Crippen LogP contribution is -2.30. The molecule has 1 aliphatic rings. The van der Waals surface area contributed by atoms with Crippen molar-refractivity contribution in [1.82, 2.24) is 4.90 Å². The Morgan fingerprint density at radius 1 is 1.09 bits per heavy atom.